The highest BCUT2D eigenvalue weighted by molar-refractivity contribution is 5.93. The van der Waals surface area contributed by atoms with Crippen molar-refractivity contribution in [1.82, 2.24) is 10.3 Å². The maximum atomic E-state index is 12.1. The summed E-state index contributed by atoms with van der Waals surface area (Å²) in [5, 5.41) is 2.87. The van der Waals surface area contributed by atoms with Crippen LogP contribution in [0.5, 0.6) is 0 Å². The average molecular weight is 359 g/mol. The number of nitrogens with zero attached hydrogens (tertiary/aromatic N) is 1. The second kappa shape index (κ2) is 7.50. The van der Waals surface area contributed by atoms with Crippen LogP contribution < -0.4 is 15.8 Å². The lowest BCUT2D eigenvalue weighted by Gasteiger charge is -2.19. The van der Waals surface area contributed by atoms with Gasteiger partial charge in [0.25, 0.3) is 5.91 Å². The number of amides is 1. The van der Waals surface area contributed by atoms with Crippen molar-refractivity contribution in [3.05, 3.63) is 99.5 Å². The minimum Gasteiger partial charge on any atom is -0.367 e. The Labute approximate surface area is 157 Å². The number of fused-ring (bicyclic) bond motifs is 1. The largest absolute Gasteiger partial charge is 0.367 e. The Kier molecular flexibility index (Phi) is 4.75. The van der Waals surface area contributed by atoms with Gasteiger partial charge < -0.3 is 15.2 Å². The monoisotopic (exact) mass is 359 g/mol. The number of hydrogen-bond acceptors (Lipinski definition) is 3. The molecule has 0 radical (unpaired) electrons. The number of hydrogen-bond donors (Lipinski definition) is 2. The molecular formula is C22H21N3O2. The van der Waals surface area contributed by atoms with Crippen molar-refractivity contribution in [1.29, 1.82) is 0 Å². The topological polar surface area (TPSA) is 65.2 Å². The number of para-hydroxylation sites is 1. The SMILES string of the molecule is O=C(NCc1ccc(CN2CCc3ccccc32)cc1)c1ccc(=O)[nH]c1. The predicted molar refractivity (Wildman–Crippen MR) is 106 cm³/mol. The van der Waals surface area contributed by atoms with E-state index in [1.165, 1.54) is 35.1 Å². The fraction of sp³-hybridized carbons (Fsp3) is 0.182. The third-order valence-corrected chi connectivity index (χ3v) is 4.88. The van der Waals surface area contributed by atoms with Crippen LogP contribution in [0.1, 0.15) is 27.0 Å². The number of rotatable bonds is 5. The van der Waals surface area contributed by atoms with Gasteiger partial charge in [0.15, 0.2) is 0 Å². The van der Waals surface area contributed by atoms with Crippen LogP contribution in [0.3, 0.4) is 0 Å². The molecule has 2 heterocycles. The van der Waals surface area contributed by atoms with Gasteiger partial charge in [-0.1, -0.05) is 42.5 Å². The summed E-state index contributed by atoms with van der Waals surface area (Å²) in [4.78, 5) is 28.1. The summed E-state index contributed by atoms with van der Waals surface area (Å²) in [5.41, 5.74) is 5.26. The Morgan fingerprint density at radius 1 is 1.00 bits per heavy atom. The van der Waals surface area contributed by atoms with Gasteiger partial charge in [0.2, 0.25) is 5.56 Å². The van der Waals surface area contributed by atoms with Crippen molar-refractivity contribution in [2.75, 3.05) is 11.4 Å². The van der Waals surface area contributed by atoms with E-state index in [0.29, 0.717) is 12.1 Å². The minimum atomic E-state index is -0.220. The van der Waals surface area contributed by atoms with E-state index in [9.17, 15) is 9.59 Å². The zero-order chi connectivity index (χ0) is 18.6. The maximum absolute atomic E-state index is 12.1. The first-order valence-corrected chi connectivity index (χ1v) is 9.07. The third-order valence-electron chi connectivity index (χ3n) is 4.88. The molecule has 0 saturated heterocycles. The van der Waals surface area contributed by atoms with Crippen LogP contribution >= 0.6 is 0 Å². The quantitative estimate of drug-likeness (QED) is 0.736. The molecule has 1 aromatic heterocycles. The van der Waals surface area contributed by atoms with Crippen LogP contribution in [-0.4, -0.2) is 17.4 Å². The second-order valence-corrected chi connectivity index (χ2v) is 6.74. The van der Waals surface area contributed by atoms with Crippen LogP contribution in [0.15, 0.2) is 71.7 Å². The molecule has 0 bridgehead atoms. The average Bonchev–Trinajstić information content (AvgIpc) is 3.11. The van der Waals surface area contributed by atoms with Crippen LogP contribution in [0.2, 0.25) is 0 Å². The number of carbonyl (C=O) groups excluding carboxylic acids is 1. The molecule has 3 aromatic rings. The van der Waals surface area contributed by atoms with Crippen LogP contribution in [0.4, 0.5) is 5.69 Å². The Bertz CT molecular complexity index is 988. The number of pyridine rings is 1. The van der Waals surface area contributed by atoms with Crippen LogP contribution in [0, 0.1) is 0 Å². The van der Waals surface area contributed by atoms with E-state index < -0.39 is 0 Å². The van der Waals surface area contributed by atoms with Crippen LogP contribution in [0.25, 0.3) is 0 Å². The van der Waals surface area contributed by atoms with Gasteiger partial charge in [0.05, 0.1) is 5.56 Å². The summed E-state index contributed by atoms with van der Waals surface area (Å²) >= 11 is 0. The molecule has 0 aliphatic carbocycles. The summed E-state index contributed by atoms with van der Waals surface area (Å²) < 4.78 is 0. The van der Waals surface area contributed by atoms with Gasteiger partial charge in [-0.05, 0) is 35.2 Å². The molecule has 5 heteroatoms. The maximum Gasteiger partial charge on any atom is 0.253 e. The predicted octanol–water partition coefficient (Wildman–Crippen LogP) is 2.87. The third kappa shape index (κ3) is 3.92. The van der Waals surface area contributed by atoms with Crippen molar-refractivity contribution < 1.29 is 4.79 Å². The Balaban J connectivity index is 1.35. The summed E-state index contributed by atoms with van der Waals surface area (Å²) in [6, 6.07) is 19.8. The van der Waals surface area contributed by atoms with E-state index in [4.69, 9.17) is 0 Å². The van der Waals surface area contributed by atoms with E-state index in [2.05, 4.69) is 51.6 Å². The molecule has 0 fully saturated rings. The highest BCUT2D eigenvalue weighted by atomic mass is 16.1. The number of benzene rings is 2. The van der Waals surface area contributed by atoms with Gasteiger partial charge in [-0.15, -0.1) is 0 Å². The number of aromatic nitrogens is 1. The molecule has 4 rings (SSSR count). The molecule has 5 nitrogen and oxygen atoms in total. The van der Waals surface area contributed by atoms with E-state index in [1.54, 1.807) is 0 Å². The van der Waals surface area contributed by atoms with Gasteiger partial charge in [-0.3, -0.25) is 9.59 Å². The smallest absolute Gasteiger partial charge is 0.253 e. The molecule has 27 heavy (non-hydrogen) atoms. The molecule has 136 valence electrons. The van der Waals surface area contributed by atoms with Gasteiger partial charge >= 0.3 is 0 Å². The number of carbonyl (C=O) groups is 1. The molecular weight excluding hydrogens is 338 g/mol. The lowest BCUT2D eigenvalue weighted by Crippen LogP contribution is -2.23. The first-order valence-electron chi connectivity index (χ1n) is 9.07. The molecule has 0 spiro atoms. The summed E-state index contributed by atoms with van der Waals surface area (Å²) in [6.45, 7) is 2.39. The van der Waals surface area contributed by atoms with Crippen molar-refractivity contribution in [3.63, 3.8) is 0 Å². The fourth-order valence-corrected chi connectivity index (χ4v) is 3.39. The second-order valence-electron chi connectivity index (χ2n) is 6.74. The lowest BCUT2D eigenvalue weighted by atomic mass is 10.1. The lowest BCUT2D eigenvalue weighted by molar-refractivity contribution is 0.0950. The zero-order valence-corrected chi connectivity index (χ0v) is 14.9. The zero-order valence-electron chi connectivity index (χ0n) is 14.9. The molecule has 0 saturated carbocycles. The standard InChI is InChI=1S/C22H21N3O2/c26-21-10-9-19(14-23-21)22(27)24-13-16-5-7-17(8-6-16)15-25-12-11-18-3-1-2-4-20(18)25/h1-10,14H,11-13,15H2,(H,23,26)(H,24,27). The molecule has 2 aromatic carbocycles. The molecule has 0 atom stereocenters. The normalized spacial score (nSPS) is 12.7. The first-order chi connectivity index (χ1) is 13.2. The van der Waals surface area contributed by atoms with E-state index in [0.717, 1.165) is 25.1 Å². The molecule has 1 aliphatic heterocycles. The minimum absolute atomic E-state index is 0.205. The van der Waals surface area contributed by atoms with E-state index >= 15 is 0 Å². The summed E-state index contributed by atoms with van der Waals surface area (Å²) in [6.07, 6.45) is 2.53. The van der Waals surface area contributed by atoms with E-state index in [1.807, 2.05) is 12.1 Å². The van der Waals surface area contributed by atoms with Gasteiger partial charge in [-0.25, -0.2) is 0 Å². The Morgan fingerprint density at radius 3 is 2.56 bits per heavy atom. The van der Waals surface area contributed by atoms with Gasteiger partial charge in [0.1, 0.15) is 0 Å². The number of nitrogens with one attached hydrogen (secondary N) is 2. The number of anilines is 1. The van der Waals surface area contributed by atoms with E-state index in [-0.39, 0.29) is 11.5 Å². The Hall–Kier alpha value is -3.34. The van der Waals surface area contributed by atoms with Crippen molar-refractivity contribution in [2.45, 2.75) is 19.5 Å². The molecule has 2 N–H and O–H groups in total. The van der Waals surface area contributed by atoms with Crippen molar-refractivity contribution >= 4 is 11.6 Å². The Morgan fingerprint density at radius 2 is 1.78 bits per heavy atom. The first kappa shape index (κ1) is 17.1. The molecule has 1 amide bonds. The summed E-state index contributed by atoms with van der Waals surface area (Å²) in [7, 11) is 0. The fourth-order valence-electron chi connectivity index (χ4n) is 3.39. The summed E-state index contributed by atoms with van der Waals surface area (Å²) in [5.74, 6) is -0.205. The highest BCUT2D eigenvalue weighted by Crippen LogP contribution is 2.28. The van der Waals surface area contributed by atoms with Gasteiger partial charge in [0, 0.05) is 37.6 Å². The molecule has 0 unspecified atom stereocenters. The van der Waals surface area contributed by atoms with Gasteiger partial charge in [-0.2, -0.15) is 0 Å². The number of H-pyrrole nitrogens is 1. The number of aromatic amines is 1. The molecule has 1 aliphatic rings. The van der Waals surface area contributed by atoms with Crippen molar-refractivity contribution in [3.8, 4) is 0 Å². The van der Waals surface area contributed by atoms with Crippen LogP contribution in [-0.2, 0) is 19.5 Å². The van der Waals surface area contributed by atoms with Crippen molar-refractivity contribution in [2.24, 2.45) is 0 Å². The highest BCUT2D eigenvalue weighted by Gasteiger charge is 2.18.